The van der Waals surface area contributed by atoms with Gasteiger partial charge in [-0.2, -0.15) is 0 Å². The summed E-state index contributed by atoms with van der Waals surface area (Å²) in [6.45, 7) is 2.25. The molecule has 1 N–H and O–H groups in total. The Morgan fingerprint density at radius 1 is 1.18 bits per heavy atom. The van der Waals surface area contributed by atoms with E-state index in [1.807, 2.05) is 55.9 Å². The molecule has 22 heavy (non-hydrogen) atoms. The number of nitrogens with zero attached hydrogens (tertiary/aromatic N) is 2. The number of nitrogens with one attached hydrogen (secondary N) is 1. The first-order valence-electron chi connectivity index (χ1n) is 7.15. The smallest absolute Gasteiger partial charge is 0.240 e. The maximum atomic E-state index is 12.4. The van der Waals surface area contributed by atoms with Crippen LogP contribution in [0.1, 0.15) is 17.3 Å². The highest BCUT2D eigenvalue weighted by atomic mass is 32.2. The predicted molar refractivity (Wildman–Crippen MR) is 88.2 cm³/mol. The van der Waals surface area contributed by atoms with Crippen molar-refractivity contribution in [2.75, 3.05) is 20.6 Å². The molecular formula is C16H23N3O2S. The van der Waals surface area contributed by atoms with Crippen molar-refractivity contribution >= 4 is 10.0 Å². The Morgan fingerprint density at radius 3 is 2.32 bits per heavy atom. The third-order valence-corrected chi connectivity index (χ3v) is 5.19. The summed E-state index contributed by atoms with van der Waals surface area (Å²) in [5.41, 5.74) is 2.10. The molecular weight excluding hydrogens is 298 g/mol. The molecule has 0 radical (unpaired) electrons. The normalized spacial score (nSPS) is 13.5. The SMILES string of the molecule is Cc1ccc(S(=O)(=O)NC[C@@H](c2cccn2C)N(C)C)cc1. The second-order valence-electron chi connectivity index (χ2n) is 5.69. The van der Waals surface area contributed by atoms with Crippen LogP contribution in [0, 0.1) is 6.92 Å². The Balaban J connectivity index is 2.15. The minimum atomic E-state index is -3.50. The zero-order valence-corrected chi connectivity index (χ0v) is 14.3. The van der Waals surface area contributed by atoms with E-state index in [9.17, 15) is 8.42 Å². The van der Waals surface area contributed by atoms with Crippen molar-refractivity contribution in [3.63, 3.8) is 0 Å². The van der Waals surface area contributed by atoms with Gasteiger partial charge in [0, 0.05) is 25.5 Å². The van der Waals surface area contributed by atoms with E-state index in [2.05, 4.69) is 4.72 Å². The lowest BCUT2D eigenvalue weighted by atomic mass is 10.2. The quantitative estimate of drug-likeness (QED) is 0.884. The van der Waals surface area contributed by atoms with Crippen molar-refractivity contribution in [1.29, 1.82) is 0 Å². The van der Waals surface area contributed by atoms with Crippen LogP contribution in [-0.4, -0.2) is 38.5 Å². The van der Waals surface area contributed by atoms with E-state index < -0.39 is 10.0 Å². The average molecular weight is 321 g/mol. The van der Waals surface area contributed by atoms with Gasteiger partial charge in [-0.25, -0.2) is 13.1 Å². The molecule has 2 aromatic rings. The number of sulfonamides is 1. The summed E-state index contributed by atoms with van der Waals surface area (Å²) in [6.07, 6.45) is 1.96. The summed E-state index contributed by atoms with van der Waals surface area (Å²) >= 11 is 0. The molecule has 6 heteroatoms. The summed E-state index contributed by atoms with van der Waals surface area (Å²) < 4.78 is 29.5. The van der Waals surface area contributed by atoms with Crippen LogP contribution in [0.3, 0.4) is 0 Å². The Hall–Kier alpha value is -1.63. The molecule has 0 saturated heterocycles. The summed E-state index contributed by atoms with van der Waals surface area (Å²) in [4.78, 5) is 2.30. The number of hydrogen-bond donors (Lipinski definition) is 1. The Kier molecular flexibility index (Phi) is 5.05. The van der Waals surface area contributed by atoms with E-state index in [1.165, 1.54) is 0 Å². The third-order valence-electron chi connectivity index (χ3n) is 3.75. The van der Waals surface area contributed by atoms with Crippen LogP contribution in [0.15, 0.2) is 47.5 Å². The molecule has 0 aliphatic carbocycles. The average Bonchev–Trinajstić information content (AvgIpc) is 2.85. The molecule has 0 aliphatic heterocycles. The monoisotopic (exact) mass is 321 g/mol. The summed E-state index contributed by atoms with van der Waals surface area (Å²) in [7, 11) is 2.35. The molecule has 1 aromatic heterocycles. The molecule has 2 rings (SSSR count). The van der Waals surface area contributed by atoms with Gasteiger partial charge in [-0.05, 0) is 45.3 Å². The van der Waals surface area contributed by atoms with Gasteiger partial charge in [0.1, 0.15) is 0 Å². The van der Waals surface area contributed by atoms with Gasteiger partial charge in [-0.3, -0.25) is 4.90 Å². The molecule has 0 unspecified atom stereocenters. The van der Waals surface area contributed by atoms with Crippen LogP contribution >= 0.6 is 0 Å². The number of aromatic nitrogens is 1. The first-order chi connectivity index (χ1) is 10.3. The molecule has 1 atom stereocenters. The Morgan fingerprint density at radius 2 is 1.82 bits per heavy atom. The zero-order valence-electron chi connectivity index (χ0n) is 13.4. The number of rotatable bonds is 6. The fraction of sp³-hybridized carbons (Fsp3) is 0.375. The molecule has 0 aliphatic rings. The lowest BCUT2D eigenvalue weighted by molar-refractivity contribution is 0.289. The minimum Gasteiger partial charge on any atom is -0.353 e. The van der Waals surface area contributed by atoms with E-state index in [-0.39, 0.29) is 6.04 Å². The lowest BCUT2D eigenvalue weighted by Crippen LogP contribution is -2.35. The molecule has 0 fully saturated rings. The van der Waals surface area contributed by atoms with Crippen molar-refractivity contribution in [2.45, 2.75) is 17.9 Å². The summed E-state index contributed by atoms with van der Waals surface area (Å²) in [5.74, 6) is 0. The van der Waals surface area contributed by atoms with E-state index in [0.29, 0.717) is 11.4 Å². The topological polar surface area (TPSA) is 54.3 Å². The second-order valence-corrected chi connectivity index (χ2v) is 7.46. The van der Waals surface area contributed by atoms with Gasteiger partial charge in [0.15, 0.2) is 0 Å². The predicted octanol–water partition coefficient (Wildman–Crippen LogP) is 1.91. The molecule has 0 saturated carbocycles. The summed E-state index contributed by atoms with van der Waals surface area (Å²) in [5, 5.41) is 0. The van der Waals surface area contributed by atoms with Crippen molar-refractivity contribution in [2.24, 2.45) is 7.05 Å². The Bertz CT molecular complexity index is 718. The van der Waals surface area contributed by atoms with Crippen molar-refractivity contribution in [3.05, 3.63) is 53.9 Å². The van der Waals surface area contributed by atoms with Crippen molar-refractivity contribution < 1.29 is 8.42 Å². The molecule has 120 valence electrons. The summed E-state index contributed by atoms with van der Waals surface area (Å²) in [6, 6.07) is 10.8. The van der Waals surface area contributed by atoms with Gasteiger partial charge in [-0.1, -0.05) is 17.7 Å². The van der Waals surface area contributed by atoms with Crippen LogP contribution in [0.5, 0.6) is 0 Å². The number of benzene rings is 1. The van der Waals surface area contributed by atoms with Gasteiger partial charge in [0.25, 0.3) is 0 Å². The van der Waals surface area contributed by atoms with Crippen LogP contribution < -0.4 is 4.72 Å². The molecule has 0 spiro atoms. The highest BCUT2D eigenvalue weighted by molar-refractivity contribution is 7.89. The number of aryl methyl sites for hydroxylation is 2. The van der Waals surface area contributed by atoms with Crippen molar-refractivity contribution in [1.82, 2.24) is 14.2 Å². The zero-order chi connectivity index (χ0) is 16.3. The molecule has 0 bridgehead atoms. The third kappa shape index (κ3) is 3.76. The second kappa shape index (κ2) is 6.64. The highest BCUT2D eigenvalue weighted by Gasteiger charge is 2.21. The van der Waals surface area contributed by atoms with Crippen molar-refractivity contribution in [3.8, 4) is 0 Å². The first kappa shape index (κ1) is 16.7. The van der Waals surface area contributed by atoms with E-state index >= 15 is 0 Å². The fourth-order valence-corrected chi connectivity index (χ4v) is 3.40. The lowest BCUT2D eigenvalue weighted by Gasteiger charge is -2.25. The highest BCUT2D eigenvalue weighted by Crippen LogP contribution is 2.18. The molecule has 1 aromatic carbocycles. The maximum absolute atomic E-state index is 12.4. The standard InChI is InChI=1S/C16H23N3O2S/c1-13-7-9-14(10-8-13)22(20,21)17-12-16(18(2)3)15-6-5-11-19(15)4/h5-11,16-17H,12H2,1-4H3/t16-/m0/s1. The van der Waals surface area contributed by atoms with Crippen LogP contribution in [-0.2, 0) is 17.1 Å². The first-order valence-corrected chi connectivity index (χ1v) is 8.63. The Labute approximate surface area is 132 Å². The van der Waals surface area contributed by atoms with E-state index in [0.717, 1.165) is 11.3 Å². The largest absolute Gasteiger partial charge is 0.353 e. The van der Waals surface area contributed by atoms with E-state index in [4.69, 9.17) is 0 Å². The van der Waals surface area contributed by atoms with Gasteiger partial charge in [0.05, 0.1) is 10.9 Å². The minimum absolute atomic E-state index is 0.0276. The maximum Gasteiger partial charge on any atom is 0.240 e. The fourth-order valence-electron chi connectivity index (χ4n) is 2.36. The van der Waals surface area contributed by atoms with E-state index in [1.54, 1.807) is 24.3 Å². The van der Waals surface area contributed by atoms with Crippen LogP contribution in [0.2, 0.25) is 0 Å². The van der Waals surface area contributed by atoms with Crippen LogP contribution in [0.4, 0.5) is 0 Å². The molecule has 1 heterocycles. The number of hydrogen-bond acceptors (Lipinski definition) is 3. The van der Waals surface area contributed by atoms with Gasteiger partial charge >= 0.3 is 0 Å². The van der Waals surface area contributed by atoms with Crippen LogP contribution in [0.25, 0.3) is 0 Å². The van der Waals surface area contributed by atoms with Gasteiger partial charge < -0.3 is 4.57 Å². The molecule has 5 nitrogen and oxygen atoms in total. The van der Waals surface area contributed by atoms with Gasteiger partial charge in [-0.15, -0.1) is 0 Å². The number of likely N-dealkylation sites (N-methyl/N-ethyl adjacent to an activating group) is 1. The molecule has 0 amide bonds. The van der Waals surface area contributed by atoms with Gasteiger partial charge in [0.2, 0.25) is 10.0 Å².